The zero-order valence-electron chi connectivity index (χ0n) is 13.7. The Morgan fingerprint density at radius 2 is 1.14 bits per heavy atom. The van der Waals surface area contributed by atoms with Crippen LogP contribution in [0.4, 0.5) is 0 Å². The Labute approximate surface area is 145 Å². The Hall–Kier alpha value is -0.260. The van der Waals surface area contributed by atoms with Crippen LogP contribution in [0.2, 0.25) is 0 Å². The summed E-state index contributed by atoms with van der Waals surface area (Å²) >= 11 is 12.4. The minimum absolute atomic E-state index is 0.149. The van der Waals surface area contributed by atoms with Crippen molar-refractivity contribution in [3.05, 3.63) is 60.7 Å². The lowest BCUT2D eigenvalue weighted by molar-refractivity contribution is 0.786. The molecule has 2 rings (SSSR count). The van der Waals surface area contributed by atoms with Crippen LogP contribution in [-0.4, -0.2) is 17.7 Å². The van der Waals surface area contributed by atoms with Crippen LogP contribution in [0.5, 0.6) is 0 Å². The maximum absolute atomic E-state index is 6.32. The highest BCUT2D eigenvalue weighted by molar-refractivity contribution is 8.29. The van der Waals surface area contributed by atoms with Crippen LogP contribution >= 0.6 is 12.1 Å². The summed E-state index contributed by atoms with van der Waals surface area (Å²) in [6, 6.07) is 17.8. The summed E-state index contributed by atoms with van der Waals surface area (Å²) in [6.07, 6.45) is 0. The van der Waals surface area contributed by atoms with Gasteiger partial charge >= 0.3 is 0 Å². The summed E-state index contributed by atoms with van der Waals surface area (Å²) in [5, 5.41) is 2.73. The molecule has 118 valence electrons. The Bertz CT molecular complexity index is 672. The maximum Gasteiger partial charge on any atom is 0.0154 e. The topological polar surface area (TPSA) is 0 Å². The monoisotopic (exact) mass is 366 g/mol. The molecule has 2 aromatic rings. The van der Waals surface area contributed by atoms with Gasteiger partial charge in [0, 0.05) is 11.9 Å². The number of hydrogen-bond acceptors (Lipinski definition) is 2. The van der Waals surface area contributed by atoms with E-state index in [-0.39, 0.29) is 5.16 Å². The summed E-state index contributed by atoms with van der Waals surface area (Å²) in [6.45, 7) is 9.09. The van der Waals surface area contributed by atoms with Gasteiger partial charge in [-0.15, -0.1) is 0 Å². The lowest BCUT2D eigenvalue weighted by Crippen LogP contribution is -2.23. The lowest BCUT2D eigenvalue weighted by atomic mass is 10.3. The average Bonchev–Trinajstić information content (AvgIpc) is 2.47. The summed E-state index contributed by atoms with van der Waals surface area (Å²) < 4.78 is 0. The van der Waals surface area contributed by atoms with Gasteiger partial charge in [0.25, 0.3) is 0 Å². The van der Waals surface area contributed by atoms with E-state index in [1.165, 1.54) is 10.6 Å². The van der Waals surface area contributed by atoms with Gasteiger partial charge in [-0.2, -0.15) is 0 Å². The van der Waals surface area contributed by atoms with E-state index in [2.05, 4.69) is 88.1 Å². The second kappa shape index (κ2) is 6.70. The van der Waals surface area contributed by atoms with Crippen LogP contribution in [0.15, 0.2) is 60.7 Å². The Morgan fingerprint density at radius 1 is 0.773 bits per heavy atom. The fraction of sp³-hybridized carbons (Fsp3) is 0.333. The molecular weight excluding hydrogens is 342 g/mol. The van der Waals surface area contributed by atoms with E-state index >= 15 is 0 Å². The zero-order valence-corrected chi connectivity index (χ0v) is 17.1. The molecule has 0 N–H and O–H groups in total. The van der Waals surface area contributed by atoms with E-state index in [9.17, 15) is 0 Å². The molecule has 0 aromatic heterocycles. The van der Waals surface area contributed by atoms with Crippen molar-refractivity contribution in [2.45, 2.75) is 25.9 Å². The normalized spacial score (nSPS) is 15.3. The van der Waals surface area contributed by atoms with Crippen molar-refractivity contribution in [1.82, 2.24) is 0 Å². The number of benzene rings is 2. The third kappa shape index (κ3) is 3.80. The van der Waals surface area contributed by atoms with Crippen LogP contribution in [0, 0.1) is 0 Å². The standard InChI is InChI=1S/C18H24P2S2/c1-18(2,3)19(4,21)15-20(22,16-11-7-5-8-12-16)17-13-9-6-10-14-17/h5-14H,15H2,1-4H3. The van der Waals surface area contributed by atoms with Crippen LogP contribution in [0.1, 0.15) is 20.8 Å². The van der Waals surface area contributed by atoms with Crippen molar-refractivity contribution < 1.29 is 0 Å². The van der Waals surface area contributed by atoms with Crippen molar-refractivity contribution in [2.75, 3.05) is 12.6 Å². The summed E-state index contributed by atoms with van der Waals surface area (Å²) in [4.78, 5) is 0. The maximum atomic E-state index is 6.32. The van der Waals surface area contributed by atoms with Gasteiger partial charge in [-0.05, 0) is 28.5 Å². The van der Waals surface area contributed by atoms with Gasteiger partial charge in [0.2, 0.25) is 0 Å². The zero-order chi connectivity index (χ0) is 16.4. The third-order valence-corrected chi connectivity index (χ3v) is 18.1. The second-order valence-corrected chi connectivity index (χ2v) is 18.3. The smallest absolute Gasteiger partial charge is 0.0154 e. The molecule has 0 nitrogen and oxygen atoms in total. The first-order valence-electron chi connectivity index (χ1n) is 7.44. The highest BCUT2D eigenvalue weighted by atomic mass is 32.5. The molecule has 2 aromatic carbocycles. The van der Waals surface area contributed by atoms with Gasteiger partial charge in [0.15, 0.2) is 0 Å². The summed E-state index contributed by atoms with van der Waals surface area (Å²) in [5.74, 6) is 0.974. The van der Waals surface area contributed by atoms with Gasteiger partial charge in [-0.25, -0.2) is 0 Å². The van der Waals surface area contributed by atoms with Crippen LogP contribution in [0.25, 0.3) is 0 Å². The predicted molar refractivity (Wildman–Crippen MR) is 111 cm³/mol. The molecule has 1 unspecified atom stereocenters. The molecule has 0 amide bonds. The summed E-state index contributed by atoms with van der Waals surface area (Å²) in [7, 11) is 0. The predicted octanol–water partition coefficient (Wildman–Crippen LogP) is 4.98. The fourth-order valence-electron chi connectivity index (χ4n) is 2.24. The lowest BCUT2D eigenvalue weighted by Gasteiger charge is -2.37. The SMILES string of the molecule is CC(C)(C)P(C)(=S)CP(=S)(c1ccccc1)c1ccccc1. The van der Waals surface area contributed by atoms with Gasteiger partial charge in [0.05, 0.1) is 0 Å². The average molecular weight is 366 g/mol. The highest BCUT2D eigenvalue weighted by Gasteiger charge is 2.34. The molecule has 0 bridgehead atoms. The van der Waals surface area contributed by atoms with Crippen molar-refractivity contribution >= 4 is 46.3 Å². The minimum Gasteiger partial charge on any atom is -0.0968 e. The minimum atomic E-state index is -1.86. The quantitative estimate of drug-likeness (QED) is 0.700. The molecule has 0 saturated heterocycles. The Balaban J connectivity index is 2.59. The van der Waals surface area contributed by atoms with Gasteiger partial charge in [0.1, 0.15) is 0 Å². The Kier molecular flexibility index (Phi) is 5.50. The number of rotatable bonds is 4. The molecular formula is C18H24P2S2. The van der Waals surface area contributed by atoms with Crippen LogP contribution in [0.3, 0.4) is 0 Å². The van der Waals surface area contributed by atoms with Crippen molar-refractivity contribution in [3.63, 3.8) is 0 Å². The first-order valence-corrected chi connectivity index (χ1v) is 13.9. The molecule has 0 spiro atoms. The van der Waals surface area contributed by atoms with E-state index in [4.69, 9.17) is 23.6 Å². The van der Waals surface area contributed by atoms with Crippen molar-refractivity contribution in [3.8, 4) is 0 Å². The molecule has 0 fully saturated rings. The molecule has 0 radical (unpaired) electrons. The fourth-order valence-corrected chi connectivity index (χ4v) is 14.9. The van der Waals surface area contributed by atoms with Crippen molar-refractivity contribution in [1.29, 1.82) is 0 Å². The first-order chi connectivity index (χ1) is 10.2. The molecule has 4 heteroatoms. The molecule has 0 aliphatic heterocycles. The van der Waals surface area contributed by atoms with E-state index in [1.54, 1.807) is 0 Å². The second-order valence-electron chi connectivity index (χ2n) is 6.82. The van der Waals surface area contributed by atoms with Gasteiger partial charge in [-0.3, -0.25) is 0 Å². The first kappa shape index (κ1) is 18.1. The van der Waals surface area contributed by atoms with E-state index < -0.39 is 12.1 Å². The highest BCUT2D eigenvalue weighted by Crippen LogP contribution is 2.65. The Morgan fingerprint density at radius 3 is 1.45 bits per heavy atom. The largest absolute Gasteiger partial charge is 0.0968 e. The molecule has 0 aliphatic rings. The van der Waals surface area contributed by atoms with E-state index in [0.717, 1.165) is 5.90 Å². The molecule has 0 heterocycles. The third-order valence-electron chi connectivity index (χ3n) is 4.23. The molecule has 1 atom stereocenters. The van der Waals surface area contributed by atoms with Crippen molar-refractivity contribution in [2.24, 2.45) is 0 Å². The van der Waals surface area contributed by atoms with E-state index in [0.29, 0.717) is 0 Å². The molecule has 0 aliphatic carbocycles. The van der Waals surface area contributed by atoms with Crippen LogP contribution in [-0.2, 0) is 23.6 Å². The van der Waals surface area contributed by atoms with Gasteiger partial charge in [-0.1, -0.05) is 105 Å². The molecule has 0 saturated carbocycles. The number of hydrogen-bond donors (Lipinski definition) is 0. The van der Waals surface area contributed by atoms with Crippen LogP contribution < -0.4 is 10.6 Å². The summed E-state index contributed by atoms with van der Waals surface area (Å²) in [5.41, 5.74) is 0. The van der Waals surface area contributed by atoms with Gasteiger partial charge < -0.3 is 0 Å². The molecule has 22 heavy (non-hydrogen) atoms. The van der Waals surface area contributed by atoms with E-state index in [1.807, 2.05) is 0 Å².